The highest BCUT2D eigenvalue weighted by atomic mass is 32.1. The molecule has 2 atom stereocenters. The maximum atomic E-state index is 11.9. The zero-order valence-corrected chi connectivity index (χ0v) is 13.8. The lowest BCUT2D eigenvalue weighted by Gasteiger charge is -2.05. The highest BCUT2D eigenvalue weighted by molar-refractivity contribution is 7.18. The van der Waals surface area contributed by atoms with Gasteiger partial charge in [-0.15, -0.1) is 11.3 Å². The largest absolute Gasteiger partial charge is 0.326 e. The van der Waals surface area contributed by atoms with Crippen molar-refractivity contribution in [2.24, 2.45) is 11.8 Å². The lowest BCUT2D eigenvalue weighted by Crippen LogP contribution is -2.14. The van der Waals surface area contributed by atoms with E-state index >= 15 is 0 Å². The van der Waals surface area contributed by atoms with Gasteiger partial charge in [0.2, 0.25) is 5.91 Å². The van der Waals surface area contributed by atoms with Gasteiger partial charge in [0.05, 0.1) is 15.2 Å². The first kappa shape index (κ1) is 14.4. The number of fused-ring (bicyclic) bond motifs is 1. The first-order valence-electron chi connectivity index (χ1n) is 7.93. The van der Waals surface area contributed by atoms with Gasteiger partial charge in [0.25, 0.3) is 0 Å². The standard InChI is InChI=1S/C19H18N2OS/c1-12-10-15(12)19(22)20-14-8-6-13(7-9-14)11-18-21-16-4-2-3-5-17(16)23-18/h2-9,12,15H,10-11H2,1H3,(H,20,22)/t12-,15-/m0/s1. The Bertz CT molecular complexity index is 820. The fourth-order valence-electron chi connectivity index (χ4n) is 2.80. The van der Waals surface area contributed by atoms with Crippen LogP contribution in [0.15, 0.2) is 48.5 Å². The lowest BCUT2D eigenvalue weighted by molar-refractivity contribution is -0.117. The smallest absolute Gasteiger partial charge is 0.227 e. The van der Waals surface area contributed by atoms with Crippen molar-refractivity contribution >= 4 is 33.1 Å². The summed E-state index contributed by atoms with van der Waals surface area (Å²) in [5.41, 5.74) is 3.15. The van der Waals surface area contributed by atoms with Crippen LogP contribution in [-0.4, -0.2) is 10.9 Å². The van der Waals surface area contributed by atoms with E-state index in [1.807, 2.05) is 30.3 Å². The number of nitrogens with one attached hydrogen (secondary N) is 1. The van der Waals surface area contributed by atoms with E-state index < -0.39 is 0 Å². The maximum Gasteiger partial charge on any atom is 0.227 e. The Hall–Kier alpha value is -2.20. The number of thiazole rings is 1. The van der Waals surface area contributed by atoms with Gasteiger partial charge in [0, 0.05) is 18.0 Å². The number of carbonyl (C=O) groups is 1. The van der Waals surface area contributed by atoms with Gasteiger partial charge in [-0.25, -0.2) is 4.98 Å². The Balaban J connectivity index is 1.44. The van der Waals surface area contributed by atoms with Crippen molar-refractivity contribution < 1.29 is 4.79 Å². The Morgan fingerprint density at radius 2 is 1.96 bits per heavy atom. The first-order valence-corrected chi connectivity index (χ1v) is 8.75. The average Bonchev–Trinajstić information content (AvgIpc) is 3.15. The van der Waals surface area contributed by atoms with Crippen molar-refractivity contribution in [2.75, 3.05) is 5.32 Å². The summed E-state index contributed by atoms with van der Waals surface area (Å²) >= 11 is 1.74. The van der Waals surface area contributed by atoms with E-state index in [1.165, 1.54) is 10.3 Å². The van der Waals surface area contributed by atoms with Crippen LogP contribution in [0.5, 0.6) is 0 Å². The topological polar surface area (TPSA) is 42.0 Å². The number of rotatable bonds is 4. The summed E-state index contributed by atoms with van der Waals surface area (Å²) in [5.74, 6) is 0.891. The molecule has 2 aromatic carbocycles. The minimum atomic E-state index is 0.149. The van der Waals surface area contributed by atoms with Crippen molar-refractivity contribution in [2.45, 2.75) is 19.8 Å². The molecular formula is C19H18N2OS. The minimum Gasteiger partial charge on any atom is -0.326 e. The van der Waals surface area contributed by atoms with E-state index in [1.54, 1.807) is 11.3 Å². The molecule has 23 heavy (non-hydrogen) atoms. The molecule has 0 spiro atoms. The number of para-hydroxylation sites is 1. The number of anilines is 1. The third-order valence-electron chi connectivity index (χ3n) is 4.36. The Kier molecular flexibility index (Phi) is 3.62. The highest BCUT2D eigenvalue weighted by Gasteiger charge is 2.38. The van der Waals surface area contributed by atoms with Gasteiger partial charge < -0.3 is 5.32 Å². The molecule has 0 aliphatic heterocycles. The molecule has 3 aromatic rings. The Morgan fingerprint density at radius 3 is 2.65 bits per heavy atom. The van der Waals surface area contributed by atoms with Crippen LogP contribution in [0.3, 0.4) is 0 Å². The van der Waals surface area contributed by atoms with Crippen LogP contribution in [0.25, 0.3) is 10.2 Å². The van der Waals surface area contributed by atoms with Crippen molar-refractivity contribution in [1.82, 2.24) is 4.98 Å². The zero-order valence-electron chi connectivity index (χ0n) is 13.0. The van der Waals surface area contributed by atoms with E-state index in [9.17, 15) is 4.79 Å². The minimum absolute atomic E-state index is 0.149. The molecule has 116 valence electrons. The monoisotopic (exact) mass is 322 g/mol. The van der Waals surface area contributed by atoms with Crippen LogP contribution in [0, 0.1) is 11.8 Å². The number of carbonyl (C=O) groups excluding carboxylic acids is 1. The summed E-state index contributed by atoms with van der Waals surface area (Å²) in [5, 5.41) is 4.12. The average molecular weight is 322 g/mol. The van der Waals surface area contributed by atoms with E-state index in [2.05, 4.69) is 35.4 Å². The summed E-state index contributed by atoms with van der Waals surface area (Å²) in [6, 6.07) is 16.3. The van der Waals surface area contributed by atoms with Gasteiger partial charge in [-0.3, -0.25) is 4.79 Å². The molecular weight excluding hydrogens is 304 g/mol. The molecule has 0 unspecified atom stereocenters. The molecule has 4 rings (SSSR count). The molecule has 4 heteroatoms. The van der Waals surface area contributed by atoms with Crippen molar-refractivity contribution in [3.8, 4) is 0 Å². The first-order chi connectivity index (χ1) is 11.2. The predicted octanol–water partition coefficient (Wildman–Crippen LogP) is 4.48. The molecule has 1 heterocycles. The molecule has 1 N–H and O–H groups in total. The highest BCUT2D eigenvalue weighted by Crippen LogP contribution is 2.38. The van der Waals surface area contributed by atoms with Crippen molar-refractivity contribution in [1.29, 1.82) is 0 Å². The van der Waals surface area contributed by atoms with Crippen molar-refractivity contribution in [3.63, 3.8) is 0 Å². The van der Waals surface area contributed by atoms with Gasteiger partial charge >= 0.3 is 0 Å². The molecule has 1 saturated carbocycles. The van der Waals surface area contributed by atoms with E-state index in [-0.39, 0.29) is 11.8 Å². The van der Waals surface area contributed by atoms with Crippen LogP contribution in [-0.2, 0) is 11.2 Å². The summed E-state index contributed by atoms with van der Waals surface area (Å²) in [6.07, 6.45) is 1.84. The van der Waals surface area contributed by atoms with Gasteiger partial charge in [0.1, 0.15) is 0 Å². The third kappa shape index (κ3) is 3.13. The molecule has 1 aliphatic rings. The van der Waals surface area contributed by atoms with Crippen LogP contribution in [0.4, 0.5) is 5.69 Å². The second-order valence-electron chi connectivity index (χ2n) is 6.26. The van der Waals surface area contributed by atoms with E-state index in [0.29, 0.717) is 5.92 Å². The van der Waals surface area contributed by atoms with E-state index in [4.69, 9.17) is 0 Å². The van der Waals surface area contributed by atoms with Gasteiger partial charge in [-0.05, 0) is 42.2 Å². The summed E-state index contributed by atoms with van der Waals surface area (Å²) in [6.45, 7) is 2.12. The number of hydrogen-bond donors (Lipinski definition) is 1. The predicted molar refractivity (Wildman–Crippen MR) is 94.8 cm³/mol. The van der Waals surface area contributed by atoms with Crippen LogP contribution >= 0.6 is 11.3 Å². The second kappa shape index (κ2) is 5.78. The molecule has 0 saturated heterocycles. The lowest BCUT2D eigenvalue weighted by atomic mass is 10.1. The van der Waals surface area contributed by atoms with Crippen LogP contribution in [0.2, 0.25) is 0 Å². The fourth-order valence-corrected chi connectivity index (χ4v) is 3.80. The second-order valence-corrected chi connectivity index (χ2v) is 7.37. The Morgan fingerprint density at radius 1 is 1.22 bits per heavy atom. The van der Waals surface area contributed by atoms with Gasteiger partial charge in [0.15, 0.2) is 0 Å². The summed E-state index contributed by atoms with van der Waals surface area (Å²) in [4.78, 5) is 16.6. The van der Waals surface area contributed by atoms with Crippen LogP contribution < -0.4 is 5.32 Å². The third-order valence-corrected chi connectivity index (χ3v) is 5.40. The number of aromatic nitrogens is 1. The molecule has 0 bridgehead atoms. The number of benzene rings is 2. The molecule has 1 amide bonds. The maximum absolute atomic E-state index is 11.9. The van der Waals surface area contributed by atoms with Gasteiger partial charge in [-0.1, -0.05) is 31.2 Å². The normalized spacial score (nSPS) is 19.7. The quantitative estimate of drug-likeness (QED) is 0.769. The molecule has 1 fully saturated rings. The number of nitrogens with zero attached hydrogens (tertiary/aromatic N) is 1. The zero-order chi connectivity index (χ0) is 15.8. The molecule has 1 aliphatic carbocycles. The fraction of sp³-hybridized carbons (Fsp3) is 0.263. The van der Waals surface area contributed by atoms with Gasteiger partial charge in [-0.2, -0.15) is 0 Å². The molecule has 0 radical (unpaired) electrons. The number of amides is 1. The van der Waals surface area contributed by atoms with Crippen LogP contribution in [0.1, 0.15) is 23.9 Å². The Labute approximate surface area is 139 Å². The number of hydrogen-bond acceptors (Lipinski definition) is 3. The summed E-state index contributed by atoms with van der Waals surface area (Å²) in [7, 11) is 0. The SMILES string of the molecule is C[C@H]1C[C@@H]1C(=O)Nc1ccc(Cc2nc3ccccc3s2)cc1. The molecule has 3 nitrogen and oxygen atoms in total. The molecule has 1 aromatic heterocycles. The van der Waals surface area contributed by atoms with E-state index in [0.717, 1.165) is 29.1 Å². The summed E-state index contributed by atoms with van der Waals surface area (Å²) < 4.78 is 1.23. The van der Waals surface area contributed by atoms with Crippen molar-refractivity contribution in [3.05, 3.63) is 59.1 Å².